The number of aryl methyl sites for hydroxylation is 1. The van der Waals surface area contributed by atoms with Gasteiger partial charge in [0.25, 0.3) is 5.91 Å². The largest absolute Gasteiger partial charge is 0.379 e. The van der Waals surface area contributed by atoms with Crippen molar-refractivity contribution in [1.82, 2.24) is 9.88 Å². The van der Waals surface area contributed by atoms with Gasteiger partial charge in [0, 0.05) is 31.7 Å². The molecule has 5 heteroatoms. The number of fused-ring (bicyclic) bond motifs is 1. The van der Waals surface area contributed by atoms with Crippen LogP contribution < -0.4 is 5.32 Å². The van der Waals surface area contributed by atoms with E-state index in [0.717, 1.165) is 17.3 Å². The Hall–Kier alpha value is -1.85. The van der Waals surface area contributed by atoms with E-state index in [0.29, 0.717) is 18.9 Å². The fourth-order valence-electron chi connectivity index (χ4n) is 2.88. The average Bonchev–Trinajstić information content (AvgIpc) is 2.85. The number of amides is 1. The second-order valence-electron chi connectivity index (χ2n) is 5.37. The fourth-order valence-corrected chi connectivity index (χ4v) is 2.88. The van der Waals surface area contributed by atoms with E-state index in [1.165, 1.54) is 0 Å². The van der Waals surface area contributed by atoms with Crippen LogP contribution in [-0.4, -0.2) is 42.9 Å². The van der Waals surface area contributed by atoms with Gasteiger partial charge < -0.3 is 19.4 Å². The van der Waals surface area contributed by atoms with Crippen molar-refractivity contribution in [2.24, 2.45) is 7.05 Å². The molecule has 2 heterocycles. The van der Waals surface area contributed by atoms with E-state index in [4.69, 9.17) is 9.47 Å². The molecule has 1 aliphatic rings. The summed E-state index contributed by atoms with van der Waals surface area (Å²) < 4.78 is 12.8. The van der Waals surface area contributed by atoms with Gasteiger partial charge in [-0.1, -0.05) is 18.2 Å². The Balaban J connectivity index is 1.82. The number of nitrogens with zero attached hydrogens (tertiary/aromatic N) is 1. The molecular formula is C16H20N2O3. The summed E-state index contributed by atoms with van der Waals surface area (Å²) in [6.45, 7) is 1.17. The van der Waals surface area contributed by atoms with Crippen LogP contribution in [0.4, 0.5) is 0 Å². The second-order valence-corrected chi connectivity index (χ2v) is 5.37. The lowest BCUT2D eigenvalue weighted by atomic mass is 10.1. The first-order valence-corrected chi connectivity index (χ1v) is 7.16. The lowest BCUT2D eigenvalue weighted by Gasteiger charge is -2.31. The van der Waals surface area contributed by atoms with Crippen molar-refractivity contribution in [3.63, 3.8) is 0 Å². The van der Waals surface area contributed by atoms with E-state index in [9.17, 15) is 4.79 Å². The standard InChI is InChI=1S/C16H20N2O3/c1-18-13-6-4-3-5-11(13)9-14(18)16(19)17-12-10-21-8-7-15(12)20-2/h3-6,9,12,15H,7-8,10H2,1-2H3,(H,17,19)/t12-,15-/m1/s1. The van der Waals surface area contributed by atoms with Gasteiger partial charge in [-0.3, -0.25) is 4.79 Å². The van der Waals surface area contributed by atoms with E-state index in [1.807, 2.05) is 41.9 Å². The highest BCUT2D eigenvalue weighted by atomic mass is 16.5. The third-order valence-electron chi connectivity index (χ3n) is 4.10. The van der Waals surface area contributed by atoms with E-state index in [-0.39, 0.29) is 18.1 Å². The molecule has 1 aromatic carbocycles. The number of carbonyl (C=O) groups is 1. The number of hydrogen-bond donors (Lipinski definition) is 1. The molecule has 1 amide bonds. The number of ether oxygens (including phenoxy) is 2. The monoisotopic (exact) mass is 288 g/mol. The van der Waals surface area contributed by atoms with Crippen LogP contribution in [-0.2, 0) is 16.5 Å². The van der Waals surface area contributed by atoms with Crippen LogP contribution in [0.5, 0.6) is 0 Å². The number of benzene rings is 1. The summed E-state index contributed by atoms with van der Waals surface area (Å²) >= 11 is 0. The SMILES string of the molecule is CO[C@@H]1CCOC[C@H]1NC(=O)c1cc2ccccc2n1C. The van der Waals surface area contributed by atoms with E-state index >= 15 is 0 Å². The summed E-state index contributed by atoms with van der Waals surface area (Å²) in [4.78, 5) is 12.5. The molecule has 0 spiro atoms. The van der Waals surface area contributed by atoms with Crippen molar-refractivity contribution in [3.05, 3.63) is 36.0 Å². The van der Waals surface area contributed by atoms with Gasteiger partial charge in [-0.2, -0.15) is 0 Å². The quantitative estimate of drug-likeness (QED) is 0.935. The Kier molecular flexibility index (Phi) is 3.94. The number of aromatic nitrogens is 1. The molecule has 2 atom stereocenters. The van der Waals surface area contributed by atoms with Crippen LogP contribution in [0.1, 0.15) is 16.9 Å². The molecule has 0 bridgehead atoms. The van der Waals surface area contributed by atoms with Gasteiger partial charge in [0.05, 0.1) is 18.8 Å². The average molecular weight is 288 g/mol. The summed E-state index contributed by atoms with van der Waals surface area (Å²) in [6, 6.07) is 9.77. The predicted octanol–water partition coefficient (Wildman–Crippen LogP) is 1.71. The predicted molar refractivity (Wildman–Crippen MR) is 80.4 cm³/mol. The molecule has 1 fully saturated rings. The Morgan fingerprint density at radius 3 is 3.00 bits per heavy atom. The van der Waals surface area contributed by atoms with Gasteiger partial charge in [-0.05, 0) is 18.6 Å². The topological polar surface area (TPSA) is 52.5 Å². The molecular weight excluding hydrogens is 268 g/mol. The second kappa shape index (κ2) is 5.87. The van der Waals surface area contributed by atoms with E-state index in [1.54, 1.807) is 7.11 Å². The van der Waals surface area contributed by atoms with Crippen LogP contribution in [0.3, 0.4) is 0 Å². The summed E-state index contributed by atoms with van der Waals surface area (Å²) in [5.74, 6) is -0.0914. The number of hydrogen-bond acceptors (Lipinski definition) is 3. The molecule has 1 aromatic heterocycles. The zero-order valence-corrected chi connectivity index (χ0v) is 12.3. The fraction of sp³-hybridized carbons (Fsp3) is 0.438. The lowest BCUT2D eigenvalue weighted by Crippen LogP contribution is -2.50. The van der Waals surface area contributed by atoms with Crippen molar-refractivity contribution in [1.29, 1.82) is 0 Å². The van der Waals surface area contributed by atoms with Gasteiger partial charge in [0.1, 0.15) is 5.69 Å². The maximum absolute atomic E-state index is 12.5. The first kappa shape index (κ1) is 14.1. The van der Waals surface area contributed by atoms with E-state index < -0.39 is 0 Å². The van der Waals surface area contributed by atoms with Gasteiger partial charge in [0.15, 0.2) is 0 Å². The molecule has 0 unspecified atom stereocenters. The number of nitrogens with one attached hydrogen (secondary N) is 1. The number of para-hydroxylation sites is 1. The Labute approximate surface area is 123 Å². The van der Waals surface area contributed by atoms with Crippen molar-refractivity contribution >= 4 is 16.8 Å². The zero-order chi connectivity index (χ0) is 14.8. The highest BCUT2D eigenvalue weighted by molar-refractivity contribution is 5.98. The third kappa shape index (κ3) is 2.66. The van der Waals surface area contributed by atoms with Crippen LogP contribution >= 0.6 is 0 Å². The number of rotatable bonds is 3. The Morgan fingerprint density at radius 1 is 1.43 bits per heavy atom. The molecule has 21 heavy (non-hydrogen) atoms. The number of carbonyl (C=O) groups excluding carboxylic acids is 1. The number of methoxy groups -OCH3 is 1. The minimum absolute atomic E-state index is 0.0115. The smallest absolute Gasteiger partial charge is 0.268 e. The molecule has 3 rings (SSSR count). The Bertz CT molecular complexity index is 650. The first-order chi connectivity index (χ1) is 10.2. The molecule has 5 nitrogen and oxygen atoms in total. The molecule has 112 valence electrons. The normalized spacial score (nSPS) is 22.4. The van der Waals surface area contributed by atoms with Crippen molar-refractivity contribution in [3.8, 4) is 0 Å². The maximum Gasteiger partial charge on any atom is 0.268 e. The highest BCUT2D eigenvalue weighted by Gasteiger charge is 2.28. The van der Waals surface area contributed by atoms with Crippen molar-refractivity contribution in [2.75, 3.05) is 20.3 Å². The van der Waals surface area contributed by atoms with E-state index in [2.05, 4.69) is 5.32 Å². The zero-order valence-electron chi connectivity index (χ0n) is 12.3. The van der Waals surface area contributed by atoms with Gasteiger partial charge >= 0.3 is 0 Å². The minimum Gasteiger partial charge on any atom is -0.379 e. The van der Waals surface area contributed by atoms with Gasteiger partial charge in [0.2, 0.25) is 0 Å². The molecule has 0 saturated carbocycles. The highest BCUT2D eigenvalue weighted by Crippen LogP contribution is 2.19. The van der Waals surface area contributed by atoms with Crippen molar-refractivity contribution in [2.45, 2.75) is 18.6 Å². The molecule has 1 aliphatic heterocycles. The summed E-state index contributed by atoms with van der Waals surface area (Å²) in [5, 5.41) is 4.09. The summed E-state index contributed by atoms with van der Waals surface area (Å²) in [5.41, 5.74) is 1.70. The molecule has 0 radical (unpaired) electrons. The van der Waals surface area contributed by atoms with Crippen molar-refractivity contribution < 1.29 is 14.3 Å². The van der Waals surface area contributed by atoms with Crippen LogP contribution in [0, 0.1) is 0 Å². The summed E-state index contributed by atoms with van der Waals surface area (Å²) in [6.07, 6.45) is 0.814. The summed E-state index contributed by atoms with van der Waals surface area (Å²) in [7, 11) is 3.58. The lowest BCUT2D eigenvalue weighted by molar-refractivity contribution is -0.0349. The Morgan fingerprint density at radius 2 is 2.24 bits per heavy atom. The molecule has 2 aromatic rings. The van der Waals surface area contributed by atoms with Crippen LogP contribution in [0.15, 0.2) is 30.3 Å². The van der Waals surface area contributed by atoms with Crippen LogP contribution in [0.25, 0.3) is 10.9 Å². The molecule has 1 N–H and O–H groups in total. The minimum atomic E-state index is -0.103. The van der Waals surface area contributed by atoms with Crippen LogP contribution in [0.2, 0.25) is 0 Å². The third-order valence-corrected chi connectivity index (χ3v) is 4.10. The maximum atomic E-state index is 12.5. The van der Waals surface area contributed by atoms with Gasteiger partial charge in [-0.25, -0.2) is 0 Å². The molecule has 0 aliphatic carbocycles. The van der Waals surface area contributed by atoms with Gasteiger partial charge in [-0.15, -0.1) is 0 Å². The molecule has 1 saturated heterocycles. The first-order valence-electron chi connectivity index (χ1n) is 7.16.